The van der Waals surface area contributed by atoms with Crippen molar-refractivity contribution >= 4 is 0 Å². The lowest BCUT2D eigenvalue weighted by Gasteiger charge is -2.36. The second-order valence-corrected chi connectivity index (χ2v) is 6.58. The summed E-state index contributed by atoms with van der Waals surface area (Å²) in [5.74, 6) is 3.18. The molecule has 0 saturated heterocycles. The smallest absolute Gasteiger partial charge is 0.161 e. The van der Waals surface area contributed by atoms with E-state index in [1.54, 1.807) is 0 Å². The van der Waals surface area contributed by atoms with Crippen molar-refractivity contribution < 1.29 is 14.6 Å². The number of ether oxygens (including phenoxy) is 2. The van der Waals surface area contributed by atoms with E-state index in [1.807, 2.05) is 31.2 Å². The first-order valence-electron chi connectivity index (χ1n) is 8.23. The highest BCUT2D eigenvalue weighted by atomic mass is 16.5. The molecule has 0 heterocycles. The predicted octanol–water partition coefficient (Wildman–Crippen LogP) is 3.65. The van der Waals surface area contributed by atoms with Gasteiger partial charge in [-0.15, -0.1) is 0 Å². The monoisotopic (exact) mass is 290 g/mol. The van der Waals surface area contributed by atoms with Crippen molar-refractivity contribution in [1.82, 2.24) is 0 Å². The summed E-state index contributed by atoms with van der Waals surface area (Å²) >= 11 is 0. The molecule has 3 unspecified atom stereocenters. The van der Waals surface area contributed by atoms with Crippen LogP contribution in [-0.2, 0) is 0 Å². The van der Waals surface area contributed by atoms with Crippen molar-refractivity contribution in [2.45, 2.75) is 39.0 Å². The lowest BCUT2D eigenvalue weighted by Crippen LogP contribution is -2.33. The number of para-hydroxylation sites is 2. The third-order valence-corrected chi connectivity index (χ3v) is 5.42. The van der Waals surface area contributed by atoms with Crippen molar-refractivity contribution in [2.24, 2.45) is 17.3 Å². The maximum absolute atomic E-state index is 9.89. The van der Waals surface area contributed by atoms with Crippen molar-refractivity contribution in [2.75, 3.05) is 19.8 Å². The number of hydrogen-bond acceptors (Lipinski definition) is 3. The lowest BCUT2D eigenvalue weighted by atomic mass is 9.71. The van der Waals surface area contributed by atoms with Crippen LogP contribution in [0, 0.1) is 17.3 Å². The van der Waals surface area contributed by atoms with Gasteiger partial charge in [0.1, 0.15) is 0 Å². The summed E-state index contributed by atoms with van der Waals surface area (Å²) in [5, 5.41) is 9.89. The fraction of sp³-hybridized carbons (Fsp3) is 0.667. The molecule has 1 N–H and O–H groups in total. The highest BCUT2D eigenvalue weighted by Crippen LogP contribution is 2.57. The van der Waals surface area contributed by atoms with Crippen LogP contribution in [0.5, 0.6) is 11.5 Å². The van der Waals surface area contributed by atoms with E-state index in [-0.39, 0.29) is 5.41 Å². The minimum atomic E-state index is 0.115. The topological polar surface area (TPSA) is 38.7 Å². The molecule has 0 amide bonds. The van der Waals surface area contributed by atoms with E-state index >= 15 is 0 Å². The Labute approximate surface area is 127 Å². The Bertz CT molecular complexity index is 473. The van der Waals surface area contributed by atoms with Gasteiger partial charge in [-0.2, -0.15) is 0 Å². The second-order valence-electron chi connectivity index (χ2n) is 6.58. The van der Waals surface area contributed by atoms with Crippen LogP contribution in [0.4, 0.5) is 0 Å². The third-order valence-electron chi connectivity index (χ3n) is 5.42. The number of fused-ring (bicyclic) bond motifs is 2. The quantitative estimate of drug-likeness (QED) is 0.833. The lowest BCUT2D eigenvalue weighted by molar-refractivity contribution is 0.0421. The van der Waals surface area contributed by atoms with Crippen molar-refractivity contribution in [3.05, 3.63) is 24.3 Å². The standard InChI is InChI=1S/C18H26O3/c1-2-20-16-5-3-4-6-17(16)21-10-9-18(13-19)12-14-7-8-15(18)11-14/h3-6,14-15,19H,2,7-13H2,1H3. The summed E-state index contributed by atoms with van der Waals surface area (Å²) in [6, 6.07) is 7.83. The van der Waals surface area contributed by atoms with Gasteiger partial charge in [0, 0.05) is 6.61 Å². The van der Waals surface area contributed by atoms with Gasteiger partial charge in [-0.25, -0.2) is 0 Å². The summed E-state index contributed by atoms with van der Waals surface area (Å²) in [4.78, 5) is 0. The molecule has 0 aliphatic heterocycles. The van der Waals surface area contributed by atoms with Crippen LogP contribution in [0.1, 0.15) is 39.0 Å². The fourth-order valence-electron chi connectivity index (χ4n) is 4.35. The Hall–Kier alpha value is -1.22. The van der Waals surface area contributed by atoms with Gasteiger partial charge in [-0.05, 0) is 62.0 Å². The zero-order valence-electron chi connectivity index (χ0n) is 12.9. The first kappa shape index (κ1) is 14.7. The summed E-state index contributed by atoms with van der Waals surface area (Å²) in [6.07, 6.45) is 6.10. The minimum Gasteiger partial charge on any atom is -0.490 e. The van der Waals surface area contributed by atoms with E-state index in [9.17, 15) is 5.11 Å². The SMILES string of the molecule is CCOc1ccccc1OCCC1(CO)CC2CCC1C2. The molecule has 2 saturated carbocycles. The first-order valence-corrected chi connectivity index (χ1v) is 8.23. The molecule has 21 heavy (non-hydrogen) atoms. The van der Waals surface area contributed by atoms with Gasteiger partial charge in [0.15, 0.2) is 11.5 Å². The van der Waals surface area contributed by atoms with E-state index < -0.39 is 0 Å². The zero-order valence-corrected chi connectivity index (χ0v) is 12.9. The molecule has 0 spiro atoms. The third kappa shape index (κ3) is 2.89. The Kier molecular flexibility index (Phi) is 4.39. The summed E-state index contributed by atoms with van der Waals surface area (Å²) in [5.41, 5.74) is 0.115. The summed E-state index contributed by atoms with van der Waals surface area (Å²) < 4.78 is 11.5. The second kappa shape index (κ2) is 6.27. The molecule has 116 valence electrons. The molecule has 1 aromatic rings. The van der Waals surface area contributed by atoms with Crippen LogP contribution in [0.2, 0.25) is 0 Å². The molecular formula is C18H26O3. The van der Waals surface area contributed by atoms with Crippen molar-refractivity contribution in [3.8, 4) is 11.5 Å². The van der Waals surface area contributed by atoms with Gasteiger partial charge in [0.2, 0.25) is 0 Å². The molecule has 2 aliphatic carbocycles. The maximum atomic E-state index is 9.89. The normalized spacial score (nSPS) is 30.6. The van der Waals surface area contributed by atoms with Gasteiger partial charge < -0.3 is 14.6 Å². The van der Waals surface area contributed by atoms with Crippen LogP contribution >= 0.6 is 0 Å². The predicted molar refractivity (Wildman–Crippen MR) is 82.7 cm³/mol. The van der Waals surface area contributed by atoms with Crippen LogP contribution in [0.3, 0.4) is 0 Å². The van der Waals surface area contributed by atoms with Crippen LogP contribution in [0.25, 0.3) is 0 Å². The van der Waals surface area contributed by atoms with Crippen molar-refractivity contribution in [3.63, 3.8) is 0 Å². The van der Waals surface area contributed by atoms with E-state index in [2.05, 4.69) is 0 Å². The Morgan fingerprint density at radius 1 is 1.19 bits per heavy atom. The minimum absolute atomic E-state index is 0.115. The number of aliphatic hydroxyl groups is 1. The maximum Gasteiger partial charge on any atom is 0.161 e. The Balaban J connectivity index is 1.58. The molecule has 0 radical (unpaired) electrons. The van der Waals surface area contributed by atoms with E-state index in [1.165, 1.54) is 25.7 Å². The van der Waals surface area contributed by atoms with Gasteiger partial charge in [0.05, 0.1) is 13.2 Å². The number of aliphatic hydroxyl groups excluding tert-OH is 1. The van der Waals surface area contributed by atoms with Gasteiger partial charge in [-0.1, -0.05) is 18.6 Å². The molecule has 3 nitrogen and oxygen atoms in total. The van der Waals surface area contributed by atoms with E-state index in [0.29, 0.717) is 25.7 Å². The average Bonchev–Trinajstić information content (AvgIpc) is 3.10. The summed E-state index contributed by atoms with van der Waals surface area (Å²) in [6.45, 7) is 3.59. The molecule has 3 rings (SSSR count). The van der Waals surface area contributed by atoms with Crippen LogP contribution in [-0.4, -0.2) is 24.9 Å². The van der Waals surface area contributed by atoms with E-state index in [4.69, 9.17) is 9.47 Å². The Morgan fingerprint density at radius 2 is 1.95 bits per heavy atom. The molecule has 2 bridgehead atoms. The molecule has 2 aliphatic rings. The molecule has 0 aromatic heterocycles. The Morgan fingerprint density at radius 3 is 2.52 bits per heavy atom. The van der Waals surface area contributed by atoms with Gasteiger partial charge in [-0.3, -0.25) is 0 Å². The van der Waals surface area contributed by atoms with Gasteiger partial charge >= 0.3 is 0 Å². The molecular weight excluding hydrogens is 264 g/mol. The summed E-state index contributed by atoms with van der Waals surface area (Å²) in [7, 11) is 0. The first-order chi connectivity index (χ1) is 10.3. The number of rotatable bonds is 7. The number of benzene rings is 1. The molecule has 2 fully saturated rings. The fourth-order valence-corrected chi connectivity index (χ4v) is 4.35. The van der Waals surface area contributed by atoms with Gasteiger partial charge in [0.25, 0.3) is 0 Å². The highest BCUT2D eigenvalue weighted by Gasteiger charge is 2.50. The van der Waals surface area contributed by atoms with E-state index in [0.717, 1.165) is 23.8 Å². The zero-order chi connectivity index (χ0) is 14.7. The van der Waals surface area contributed by atoms with Crippen LogP contribution in [0.15, 0.2) is 24.3 Å². The van der Waals surface area contributed by atoms with Crippen molar-refractivity contribution in [1.29, 1.82) is 0 Å². The van der Waals surface area contributed by atoms with Crippen LogP contribution < -0.4 is 9.47 Å². The molecule has 1 aromatic carbocycles. The molecule has 3 atom stereocenters. The molecule has 3 heteroatoms. The highest BCUT2D eigenvalue weighted by molar-refractivity contribution is 5.39. The average molecular weight is 290 g/mol. The largest absolute Gasteiger partial charge is 0.490 e. The number of hydrogen-bond donors (Lipinski definition) is 1.